The molecule has 0 nitrogen and oxygen atoms in total. The summed E-state index contributed by atoms with van der Waals surface area (Å²) in [6.07, 6.45) is 2.35. The van der Waals surface area contributed by atoms with Gasteiger partial charge in [0.1, 0.15) is 0 Å². The van der Waals surface area contributed by atoms with Gasteiger partial charge in [-0.3, -0.25) is 0 Å². The van der Waals surface area contributed by atoms with Crippen molar-refractivity contribution in [2.75, 3.05) is 0 Å². The zero-order valence-electron chi connectivity index (χ0n) is 12.9. The van der Waals surface area contributed by atoms with Gasteiger partial charge in [-0.1, -0.05) is 98.3 Å². The molecule has 3 aromatic rings. The molecule has 0 saturated carbocycles. The molecule has 0 aromatic heterocycles. The lowest BCUT2D eigenvalue weighted by molar-refractivity contribution is 0.923. The molecule has 0 atom stereocenters. The van der Waals surface area contributed by atoms with Crippen LogP contribution in [0.15, 0.2) is 84.9 Å². The molecule has 0 aliphatic rings. The van der Waals surface area contributed by atoms with E-state index < -0.39 is 7.92 Å². The first-order valence-electron chi connectivity index (χ1n) is 7.87. The molecule has 0 bridgehead atoms. The summed E-state index contributed by atoms with van der Waals surface area (Å²) in [7, 11) is -0.473. The molecule has 0 amide bonds. The van der Waals surface area contributed by atoms with E-state index in [0.29, 0.717) is 0 Å². The monoisotopic (exact) mass is 304 g/mol. The molecule has 3 rings (SSSR count). The molecule has 0 heterocycles. The summed E-state index contributed by atoms with van der Waals surface area (Å²) < 4.78 is 0. The van der Waals surface area contributed by atoms with Crippen molar-refractivity contribution in [3.63, 3.8) is 0 Å². The zero-order valence-corrected chi connectivity index (χ0v) is 13.8. The number of aryl methyl sites for hydroxylation is 1. The third-order valence-corrected chi connectivity index (χ3v) is 6.16. The van der Waals surface area contributed by atoms with E-state index in [4.69, 9.17) is 0 Å². The van der Waals surface area contributed by atoms with Crippen LogP contribution in [0.25, 0.3) is 0 Å². The topological polar surface area (TPSA) is 0 Å². The Morgan fingerprint density at radius 2 is 1.18 bits per heavy atom. The second kappa shape index (κ2) is 7.38. The molecule has 1 heteroatoms. The molecular weight excluding hydrogens is 283 g/mol. The molecule has 0 aliphatic heterocycles. The van der Waals surface area contributed by atoms with Gasteiger partial charge in [0, 0.05) is 0 Å². The van der Waals surface area contributed by atoms with Crippen molar-refractivity contribution in [2.24, 2.45) is 0 Å². The summed E-state index contributed by atoms with van der Waals surface area (Å²) in [4.78, 5) is 0. The Hall–Kier alpha value is -1.91. The fraction of sp³-hybridized carbons (Fsp3) is 0.143. The molecule has 0 N–H and O–H groups in total. The minimum Gasteiger partial charge on any atom is -0.0651 e. The highest BCUT2D eigenvalue weighted by Crippen LogP contribution is 2.32. The first kappa shape index (κ1) is 15.0. The van der Waals surface area contributed by atoms with Crippen LogP contribution >= 0.6 is 7.92 Å². The predicted octanol–water partition coefficient (Wildman–Crippen LogP) is 4.40. The van der Waals surface area contributed by atoms with E-state index in [1.54, 1.807) is 0 Å². The number of rotatable bonds is 5. The molecule has 0 saturated heterocycles. The van der Waals surface area contributed by atoms with E-state index in [-0.39, 0.29) is 0 Å². The molecule has 0 spiro atoms. The Kier molecular flexibility index (Phi) is 5.03. The maximum Gasteiger partial charge on any atom is -0.0134 e. The number of hydrogen-bond donors (Lipinski definition) is 0. The maximum atomic E-state index is 2.40. The van der Waals surface area contributed by atoms with Crippen molar-refractivity contribution in [3.05, 3.63) is 90.5 Å². The van der Waals surface area contributed by atoms with Crippen LogP contribution in [-0.2, 0) is 6.42 Å². The first-order valence-corrected chi connectivity index (χ1v) is 9.22. The lowest BCUT2D eigenvalue weighted by Gasteiger charge is -2.20. The Bertz CT molecular complexity index is 665. The average Bonchev–Trinajstić information content (AvgIpc) is 2.58. The van der Waals surface area contributed by atoms with Gasteiger partial charge in [0.05, 0.1) is 0 Å². The van der Waals surface area contributed by atoms with Crippen molar-refractivity contribution in [1.82, 2.24) is 0 Å². The van der Waals surface area contributed by atoms with Crippen LogP contribution in [0.3, 0.4) is 0 Å². The van der Waals surface area contributed by atoms with Crippen LogP contribution in [-0.4, -0.2) is 0 Å². The quantitative estimate of drug-likeness (QED) is 0.613. The lowest BCUT2D eigenvalue weighted by atomic mass is 10.1. The SMILES string of the molecule is CCCc1cccc(P(c2ccccc2)c2ccccc2)c1. The van der Waals surface area contributed by atoms with Gasteiger partial charge >= 0.3 is 0 Å². The van der Waals surface area contributed by atoms with Gasteiger partial charge < -0.3 is 0 Å². The molecule has 0 fully saturated rings. The Morgan fingerprint density at radius 1 is 0.636 bits per heavy atom. The highest BCUT2D eigenvalue weighted by molar-refractivity contribution is 7.79. The van der Waals surface area contributed by atoms with E-state index in [1.165, 1.54) is 27.9 Å². The van der Waals surface area contributed by atoms with Crippen LogP contribution in [0.1, 0.15) is 18.9 Å². The highest BCUT2D eigenvalue weighted by Gasteiger charge is 2.16. The van der Waals surface area contributed by atoms with Crippen LogP contribution in [0.4, 0.5) is 0 Å². The van der Waals surface area contributed by atoms with Gasteiger partial charge in [0.15, 0.2) is 0 Å². The number of benzene rings is 3. The largest absolute Gasteiger partial charge is 0.0651 e. The van der Waals surface area contributed by atoms with Crippen molar-refractivity contribution < 1.29 is 0 Å². The van der Waals surface area contributed by atoms with Gasteiger partial charge in [0.25, 0.3) is 0 Å². The van der Waals surface area contributed by atoms with Gasteiger partial charge in [-0.05, 0) is 35.8 Å². The third-order valence-electron chi connectivity index (χ3n) is 3.74. The van der Waals surface area contributed by atoms with Crippen LogP contribution in [0, 0.1) is 0 Å². The van der Waals surface area contributed by atoms with Gasteiger partial charge in [-0.25, -0.2) is 0 Å². The fourth-order valence-corrected chi connectivity index (χ4v) is 5.11. The van der Waals surface area contributed by atoms with Crippen LogP contribution in [0.2, 0.25) is 0 Å². The maximum absolute atomic E-state index is 2.40. The third kappa shape index (κ3) is 3.46. The number of hydrogen-bond acceptors (Lipinski definition) is 0. The summed E-state index contributed by atoms with van der Waals surface area (Å²) in [6, 6.07) is 30.9. The van der Waals surface area contributed by atoms with E-state index in [1.807, 2.05) is 0 Å². The molecule has 0 radical (unpaired) electrons. The van der Waals surface area contributed by atoms with E-state index in [2.05, 4.69) is 91.9 Å². The minimum absolute atomic E-state index is 0.473. The predicted molar refractivity (Wildman–Crippen MR) is 99.1 cm³/mol. The lowest BCUT2D eigenvalue weighted by Crippen LogP contribution is -2.20. The van der Waals surface area contributed by atoms with Crippen molar-refractivity contribution in [3.8, 4) is 0 Å². The van der Waals surface area contributed by atoms with Gasteiger partial charge in [0.2, 0.25) is 0 Å². The van der Waals surface area contributed by atoms with Crippen molar-refractivity contribution >= 4 is 23.8 Å². The van der Waals surface area contributed by atoms with Crippen LogP contribution < -0.4 is 15.9 Å². The van der Waals surface area contributed by atoms with E-state index in [9.17, 15) is 0 Å². The molecular formula is C21H21P. The van der Waals surface area contributed by atoms with Crippen molar-refractivity contribution in [2.45, 2.75) is 19.8 Å². The average molecular weight is 304 g/mol. The second-order valence-corrected chi connectivity index (χ2v) is 7.65. The van der Waals surface area contributed by atoms with E-state index >= 15 is 0 Å². The summed E-state index contributed by atoms with van der Waals surface area (Å²) in [5, 5.41) is 4.27. The minimum atomic E-state index is -0.473. The van der Waals surface area contributed by atoms with Crippen molar-refractivity contribution in [1.29, 1.82) is 0 Å². The Morgan fingerprint density at radius 3 is 1.73 bits per heavy atom. The second-order valence-electron chi connectivity index (χ2n) is 5.43. The smallest absolute Gasteiger partial charge is 0.0134 e. The molecule has 22 heavy (non-hydrogen) atoms. The zero-order chi connectivity index (χ0) is 15.2. The van der Waals surface area contributed by atoms with Gasteiger partial charge in [-0.15, -0.1) is 0 Å². The van der Waals surface area contributed by atoms with Gasteiger partial charge in [-0.2, -0.15) is 0 Å². The van der Waals surface area contributed by atoms with E-state index in [0.717, 1.165) is 6.42 Å². The fourth-order valence-electron chi connectivity index (χ4n) is 2.74. The Labute approximate surface area is 134 Å². The van der Waals surface area contributed by atoms with Crippen LogP contribution in [0.5, 0.6) is 0 Å². The standard InChI is InChI=1S/C21H21P/c1-2-10-18-11-9-16-21(17-18)22(19-12-5-3-6-13-19)20-14-7-4-8-15-20/h3-9,11-17H,2,10H2,1H3. The first-order chi connectivity index (χ1) is 10.9. The summed E-state index contributed by atoms with van der Waals surface area (Å²) in [6.45, 7) is 2.24. The molecule has 110 valence electrons. The molecule has 0 aliphatic carbocycles. The summed E-state index contributed by atoms with van der Waals surface area (Å²) >= 11 is 0. The molecule has 3 aromatic carbocycles. The normalized spacial score (nSPS) is 10.8. The summed E-state index contributed by atoms with van der Waals surface area (Å²) in [5.41, 5.74) is 1.44. The molecule has 0 unspecified atom stereocenters. The highest BCUT2D eigenvalue weighted by atomic mass is 31.1. The summed E-state index contributed by atoms with van der Waals surface area (Å²) in [5.74, 6) is 0. The Balaban J connectivity index is 2.08.